The second-order valence-corrected chi connectivity index (χ2v) is 9.77. The van der Waals surface area contributed by atoms with E-state index in [0.29, 0.717) is 12.5 Å². The first-order chi connectivity index (χ1) is 21.1. The third-order valence-electron chi connectivity index (χ3n) is 6.84. The highest BCUT2D eigenvalue weighted by molar-refractivity contribution is 5.73. The molecule has 1 aromatic carbocycles. The second kappa shape index (κ2) is 14.6. The van der Waals surface area contributed by atoms with Gasteiger partial charge in [-0.1, -0.05) is 18.2 Å². The zero-order valence-corrected chi connectivity index (χ0v) is 24.1. The monoisotopic (exact) mass is 648 g/mol. The van der Waals surface area contributed by atoms with Gasteiger partial charge in [-0.15, -0.1) is 0 Å². The number of hydrogen-bond donors (Lipinski definition) is 2. The summed E-state index contributed by atoms with van der Waals surface area (Å²) in [6.45, 7) is 4.08. The number of rotatable bonds is 6. The highest BCUT2D eigenvalue weighted by Crippen LogP contribution is 2.49. The number of nitrogens with zero attached hydrogens (tertiary/aromatic N) is 4. The van der Waals surface area contributed by atoms with Crippen molar-refractivity contribution in [3.8, 4) is 22.9 Å². The van der Waals surface area contributed by atoms with E-state index in [2.05, 4.69) is 32.7 Å². The van der Waals surface area contributed by atoms with E-state index >= 15 is 0 Å². The summed E-state index contributed by atoms with van der Waals surface area (Å²) >= 11 is 0. The van der Waals surface area contributed by atoms with Gasteiger partial charge in [-0.2, -0.15) is 26.3 Å². The number of carbonyl (C=O) groups is 2. The molecule has 4 heterocycles. The highest BCUT2D eigenvalue weighted by Gasteiger charge is 2.46. The van der Waals surface area contributed by atoms with Crippen LogP contribution in [-0.4, -0.2) is 87.9 Å². The molecule has 0 amide bonds. The first-order valence-corrected chi connectivity index (χ1v) is 13.3. The van der Waals surface area contributed by atoms with Gasteiger partial charge in [0.15, 0.2) is 5.60 Å². The topological polar surface area (TPSA) is 136 Å². The first-order valence-electron chi connectivity index (χ1n) is 13.3. The van der Waals surface area contributed by atoms with Crippen molar-refractivity contribution >= 4 is 11.9 Å². The molecule has 1 fully saturated rings. The Bertz CT molecular complexity index is 1430. The van der Waals surface area contributed by atoms with Crippen LogP contribution < -0.4 is 9.47 Å². The number of benzene rings is 1. The number of imidazole rings is 1. The van der Waals surface area contributed by atoms with Crippen LogP contribution in [0.4, 0.5) is 26.3 Å². The maximum absolute atomic E-state index is 10.6. The van der Waals surface area contributed by atoms with E-state index < -0.39 is 24.3 Å². The SMILES string of the molecule is COCCn1cnc2c1C1(CCN(Cc3cccnc3OC)CC1)Oc1ccccc1-2.O=C(O)C(F)(F)F.O=C(O)C(F)(F)F. The summed E-state index contributed by atoms with van der Waals surface area (Å²) in [6.07, 6.45) is -4.67. The molecule has 1 saturated heterocycles. The van der Waals surface area contributed by atoms with Crippen LogP contribution in [0.2, 0.25) is 0 Å². The average Bonchev–Trinajstić information content (AvgIpc) is 3.43. The number of hydrogen-bond acceptors (Lipinski definition) is 8. The number of carboxylic acids is 2. The summed E-state index contributed by atoms with van der Waals surface area (Å²) in [4.78, 5) is 29.4. The second-order valence-electron chi connectivity index (χ2n) is 9.77. The molecule has 0 unspecified atom stereocenters. The fourth-order valence-electron chi connectivity index (χ4n) is 4.81. The molecule has 2 N–H and O–H groups in total. The summed E-state index contributed by atoms with van der Waals surface area (Å²) < 4.78 is 83.2. The molecule has 0 aliphatic carbocycles. The number of fused-ring (bicyclic) bond motifs is 4. The lowest BCUT2D eigenvalue weighted by molar-refractivity contribution is -0.193. The predicted octanol–water partition coefficient (Wildman–Crippen LogP) is 4.75. The van der Waals surface area contributed by atoms with Gasteiger partial charge in [0.25, 0.3) is 0 Å². The molecule has 11 nitrogen and oxygen atoms in total. The van der Waals surface area contributed by atoms with E-state index in [1.165, 1.54) is 5.69 Å². The van der Waals surface area contributed by atoms with E-state index in [-0.39, 0.29) is 5.60 Å². The zero-order valence-electron chi connectivity index (χ0n) is 24.1. The predicted molar refractivity (Wildman–Crippen MR) is 145 cm³/mol. The van der Waals surface area contributed by atoms with Crippen LogP contribution in [-0.2, 0) is 33.0 Å². The highest BCUT2D eigenvalue weighted by atomic mass is 19.4. The van der Waals surface area contributed by atoms with Gasteiger partial charge in [0.2, 0.25) is 5.88 Å². The van der Waals surface area contributed by atoms with Crippen LogP contribution in [0.5, 0.6) is 11.6 Å². The summed E-state index contributed by atoms with van der Waals surface area (Å²) in [5, 5.41) is 14.2. The Balaban J connectivity index is 0.000000331. The van der Waals surface area contributed by atoms with E-state index in [4.69, 9.17) is 39.0 Å². The number of methoxy groups -OCH3 is 2. The third-order valence-corrected chi connectivity index (χ3v) is 6.84. The number of likely N-dealkylation sites (tertiary alicyclic amines) is 1. The number of pyridine rings is 1. The summed E-state index contributed by atoms with van der Waals surface area (Å²) in [5.74, 6) is -3.89. The number of halogens is 6. The number of aromatic nitrogens is 3. The molecule has 0 atom stereocenters. The van der Waals surface area contributed by atoms with Crippen LogP contribution in [0.1, 0.15) is 24.1 Å². The molecule has 3 aromatic rings. The maximum Gasteiger partial charge on any atom is 0.490 e. The molecule has 17 heteroatoms. The van der Waals surface area contributed by atoms with Crippen LogP contribution in [0, 0.1) is 0 Å². The molecule has 45 heavy (non-hydrogen) atoms. The van der Waals surface area contributed by atoms with Gasteiger partial charge >= 0.3 is 24.3 Å². The number of ether oxygens (including phenoxy) is 3. The molecule has 0 radical (unpaired) electrons. The number of piperidine rings is 1. The lowest BCUT2D eigenvalue weighted by atomic mass is 9.83. The van der Waals surface area contributed by atoms with Gasteiger partial charge in [-0.05, 0) is 18.2 Å². The molecule has 2 aromatic heterocycles. The van der Waals surface area contributed by atoms with Crippen molar-refractivity contribution in [1.29, 1.82) is 0 Å². The van der Waals surface area contributed by atoms with Gasteiger partial charge in [0.05, 0.1) is 31.4 Å². The van der Waals surface area contributed by atoms with Crippen molar-refractivity contribution < 1.29 is 60.4 Å². The summed E-state index contributed by atoms with van der Waals surface area (Å²) in [6, 6.07) is 12.3. The molecule has 0 bridgehead atoms. The van der Waals surface area contributed by atoms with Crippen LogP contribution in [0.15, 0.2) is 48.9 Å². The van der Waals surface area contributed by atoms with Crippen molar-refractivity contribution in [2.75, 3.05) is 33.9 Å². The minimum absolute atomic E-state index is 0.372. The van der Waals surface area contributed by atoms with Gasteiger partial charge in [-0.3, -0.25) is 4.90 Å². The van der Waals surface area contributed by atoms with Gasteiger partial charge < -0.3 is 29.0 Å². The number of carboxylic acid groups (broad SMARTS) is 2. The molecular formula is C28H30F6N4O7. The number of alkyl halides is 6. The quantitative estimate of drug-likeness (QED) is 0.361. The molecule has 2 aliphatic heterocycles. The summed E-state index contributed by atoms with van der Waals surface area (Å²) in [5.41, 5.74) is 4.04. The molecule has 2 aliphatic rings. The Morgan fingerprint density at radius 1 is 0.956 bits per heavy atom. The molecule has 0 saturated carbocycles. The lowest BCUT2D eigenvalue weighted by Gasteiger charge is -2.44. The van der Waals surface area contributed by atoms with E-state index in [9.17, 15) is 26.3 Å². The molecule has 1 spiro atoms. The van der Waals surface area contributed by atoms with Gasteiger partial charge in [0, 0.05) is 63.5 Å². The van der Waals surface area contributed by atoms with Crippen LogP contribution >= 0.6 is 0 Å². The fraction of sp³-hybridized carbons (Fsp3) is 0.429. The average molecular weight is 649 g/mol. The Hall–Kier alpha value is -4.38. The Labute approximate surface area is 253 Å². The Kier molecular flexibility index (Phi) is 11.4. The van der Waals surface area contributed by atoms with Gasteiger partial charge in [-0.25, -0.2) is 19.6 Å². The normalized spacial score (nSPS) is 15.3. The smallest absolute Gasteiger partial charge is 0.481 e. The Morgan fingerprint density at radius 3 is 2.11 bits per heavy atom. The summed E-state index contributed by atoms with van der Waals surface area (Å²) in [7, 11) is 3.41. The van der Waals surface area contributed by atoms with Gasteiger partial charge in [0.1, 0.15) is 5.75 Å². The van der Waals surface area contributed by atoms with Crippen molar-refractivity contribution in [3.05, 3.63) is 60.2 Å². The van der Waals surface area contributed by atoms with Crippen LogP contribution in [0.25, 0.3) is 11.3 Å². The van der Waals surface area contributed by atoms with E-state index in [1.807, 2.05) is 24.5 Å². The van der Waals surface area contributed by atoms with E-state index in [1.54, 1.807) is 20.4 Å². The van der Waals surface area contributed by atoms with Crippen molar-refractivity contribution in [2.45, 2.75) is 43.9 Å². The third kappa shape index (κ3) is 8.85. The minimum atomic E-state index is -5.08. The van der Waals surface area contributed by atoms with Crippen molar-refractivity contribution in [2.24, 2.45) is 0 Å². The van der Waals surface area contributed by atoms with Crippen molar-refractivity contribution in [3.63, 3.8) is 0 Å². The first kappa shape index (κ1) is 35.1. The molecule has 5 rings (SSSR count). The Morgan fingerprint density at radius 2 is 1.56 bits per heavy atom. The maximum atomic E-state index is 10.6. The standard InChI is InChI=1S/C24H28N4O3.2C2HF3O2/c1-29-15-14-28-17-26-21-19-7-3-4-8-20(19)31-24(22(21)28)9-12-27(13-10-24)16-18-6-5-11-25-23(18)30-2;2*3-2(4,5)1(6)7/h3-8,11,17H,9-10,12-16H2,1-2H3;2*(H,6,7). The number of aliphatic carboxylic acids is 2. The van der Waals surface area contributed by atoms with Crippen LogP contribution in [0.3, 0.4) is 0 Å². The van der Waals surface area contributed by atoms with E-state index in [0.717, 1.165) is 61.6 Å². The molecular weight excluding hydrogens is 618 g/mol. The largest absolute Gasteiger partial charge is 0.490 e. The lowest BCUT2D eigenvalue weighted by Crippen LogP contribution is -2.48. The van der Waals surface area contributed by atoms with Crippen molar-refractivity contribution in [1.82, 2.24) is 19.4 Å². The number of para-hydroxylation sites is 1. The minimum Gasteiger partial charge on any atom is -0.481 e. The zero-order chi connectivity index (χ0) is 33.4. The fourth-order valence-corrected chi connectivity index (χ4v) is 4.81. The molecule has 246 valence electrons.